The number of rotatable bonds is 1. The van der Waals surface area contributed by atoms with Crippen molar-refractivity contribution in [3.05, 3.63) is 57.8 Å². The molecule has 1 aromatic carbocycles. The van der Waals surface area contributed by atoms with Gasteiger partial charge in [0.15, 0.2) is 5.41 Å². The zero-order valence-electron chi connectivity index (χ0n) is 17.5. The average Bonchev–Trinajstić information content (AvgIpc) is 2.72. The van der Waals surface area contributed by atoms with E-state index >= 15 is 0 Å². The zero-order valence-corrected chi connectivity index (χ0v) is 18.3. The maximum absolute atomic E-state index is 12.7. The Balaban J connectivity index is 2.18. The summed E-state index contributed by atoms with van der Waals surface area (Å²) in [6.07, 6.45) is 1.25. The number of hydrogen-bond acceptors (Lipinski definition) is 6. The van der Waals surface area contributed by atoms with Crippen LogP contribution in [0.25, 0.3) is 0 Å². The molecule has 0 unspecified atom stereocenters. The summed E-state index contributed by atoms with van der Waals surface area (Å²) >= 11 is 6.04. The molecule has 2 atom stereocenters. The van der Waals surface area contributed by atoms with Crippen LogP contribution in [0.3, 0.4) is 0 Å². The summed E-state index contributed by atoms with van der Waals surface area (Å²) in [7, 11) is 0. The smallest absolute Gasteiger partial charge is 0.410 e. The molecule has 0 fully saturated rings. The average molecular weight is 436 g/mol. The number of hydrogen-bond donors (Lipinski definition) is 1. The van der Waals surface area contributed by atoms with E-state index in [1.165, 1.54) is 4.90 Å². The number of amides is 1. The SMILES string of the molecule is CC(C)(C)OC(=O)N1CC=C2C(C#N)=C(N)C(C#N)(C#N)[C@H](c3ccc(Cl)cc3)[C@H]2C1. The van der Waals surface area contributed by atoms with Crippen molar-refractivity contribution >= 4 is 17.7 Å². The minimum Gasteiger partial charge on any atom is -0.444 e. The molecule has 0 saturated heterocycles. The number of carbonyl (C=O) groups is 1. The van der Waals surface area contributed by atoms with E-state index in [9.17, 15) is 20.6 Å². The second kappa shape index (κ2) is 7.99. The van der Waals surface area contributed by atoms with Gasteiger partial charge in [-0.05, 0) is 44.0 Å². The summed E-state index contributed by atoms with van der Waals surface area (Å²) < 4.78 is 5.50. The second-order valence-corrected chi connectivity index (χ2v) is 9.05. The van der Waals surface area contributed by atoms with Gasteiger partial charge in [-0.2, -0.15) is 15.8 Å². The van der Waals surface area contributed by atoms with Gasteiger partial charge in [0.1, 0.15) is 11.7 Å². The topological polar surface area (TPSA) is 127 Å². The molecule has 2 N–H and O–H groups in total. The summed E-state index contributed by atoms with van der Waals surface area (Å²) in [5, 5.41) is 30.4. The molecule has 0 bridgehead atoms. The first-order valence-corrected chi connectivity index (χ1v) is 10.1. The lowest BCUT2D eigenvalue weighted by Crippen LogP contribution is -2.50. The van der Waals surface area contributed by atoms with Crippen molar-refractivity contribution in [2.75, 3.05) is 13.1 Å². The molecule has 0 saturated carbocycles. The Hall–Kier alpha value is -3.47. The van der Waals surface area contributed by atoms with E-state index in [1.807, 2.05) is 0 Å². The predicted octanol–water partition coefficient (Wildman–Crippen LogP) is 4.00. The summed E-state index contributed by atoms with van der Waals surface area (Å²) in [5.74, 6) is -1.20. The number of nitrogens with zero attached hydrogens (tertiary/aromatic N) is 4. The molecule has 0 radical (unpaired) electrons. The Morgan fingerprint density at radius 2 is 1.84 bits per heavy atom. The van der Waals surface area contributed by atoms with Crippen LogP contribution >= 0.6 is 11.6 Å². The van der Waals surface area contributed by atoms with Gasteiger partial charge in [-0.25, -0.2) is 4.79 Å². The first kappa shape index (κ1) is 22.2. The van der Waals surface area contributed by atoms with Crippen LogP contribution in [0.15, 0.2) is 47.2 Å². The second-order valence-electron chi connectivity index (χ2n) is 8.61. The van der Waals surface area contributed by atoms with Crippen molar-refractivity contribution in [1.82, 2.24) is 4.90 Å². The van der Waals surface area contributed by atoms with Crippen LogP contribution in [0, 0.1) is 45.3 Å². The molecule has 1 aliphatic carbocycles. The number of fused-ring (bicyclic) bond motifs is 1. The highest BCUT2D eigenvalue weighted by Crippen LogP contribution is 2.54. The molecule has 31 heavy (non-hydrogen) atoms. The number of nitrogens with two attached hydrogens (primary N) is 1. The molecule has 158 valence electrons. The van der Waals surface area contributed by atoms with Gasteiger partial charge in [0.05, 0.1) is 23.4 Å². The highest BCUT2D eigenvalue weighted by molar-refractivity contribution is 6.30. The molecule has 1 aromatic rings. The van der Waals surface area contributed by atoms with Crippen molar-refractivity contribution in [2.24, 2.45) is 17.1 Å². The van der Waals surface area contributed by atoms with E-state index < -0.39 is 28.9 Å². The van der Waals surface area contributed by atoms with E-state index in [4.69, 9.17) is 22.1 Å². The molecule has 3 rings (SSSR count). The number of ether oxygens (including phenoxy) is 1. The van der Waals surface area contributed by atoms with Crippen LogP contribution in [0.4, 0.5) is 4.79 Å². The molecule has 7 nitrogen and oxygen atoms in total. The Morgan fingerprint density at radius 3 is 2.35 bits per heavy atom. The standard InChI is InChI=1S/C23H22ClN5O2/c1-22(2,3)31-21(30)29-9-8-16-17(10-25)20(28)23(12-26,13-27)19(18(16)11-29)14-4-6-15(24)7-5-14/h4-8,18-19H,9,11,28H2,1-3H3/t18-,19+/m0/s1. The maximum Gasteiger partial charge on any atom is 0.410 e. The minimum atomic E-state index is -1.77. The lowest BCUT2D eigenvalue weighted by Gasteiger charge is -2.45. The highest BCUT2D eigenvalue weighted by atomic mass is 35.5. The Kier molecular flexibility index (Phi) is 5.72. The number of halogens is 1. The molecule has 1 aliphatic heterocycles. The third kappa shape index (κ3) is 3.83. The number of nitriles is 3. The van der Waals surface area contributed by atoms with Crippen molar-refractivity contribution in [3.63, 3.8) is 0 Å². The van der Waals surface area contributed by atoms with E-state index in [0.29, 0.717) is 16.2 Å². The molecule has 0 aromatic heterocycles. The van der Waals surface area contributed by atoms with E-state index in [2.05, 4.69) is 18.2 Å². The van der Waals surface area contributed by atoms with Gasteiger partial charge in [-0.3, -0.25) is 0 Å². The molecule has 2 aliphatic rings. The summed E-state index contributed by atoms with van der Waals surface area (Å²) in [4.78, 5) is 14.2. The van der Waals surface area contributed by atoms with Crippen molar-refractivity contribution in [2.45, 2.75) is 32.3 Å². The van der Waals surface area contributed by atoms with Crippen molar-refractivity contribution < 1.29 is 9.53 Å². The fourth-order valence-electron chi connectivity index (χ4n) is 4.20. The fourth-order valence-corrected chi connectivity index (χ4v) is 4.33. The van der Waals surface area contributed by atoms with Crippen LogP contribution in [0.2, 0.25) is 5.02 Å². The summed E-state index contributed by atoms with van der Waals surface area (Å²) in [6.45, 7) is 5.75. The van der Waals surface area contributed by atoms with Crippen LogP contribution in [0.5, 0.6) is 0 Å². The van der Waals surface area contributed by atoms with Gasteiger partial charge in [0, 0.05) is 29.9 Å². The molecule has 8 heteroatoms. The molecule has 1 amide bonds. The third-order valence-corrected chi connectivity index (χ3v) is 5.80. The van der Waals surface area contributed by atoms with E-state index in [0.717, 1.165) is 0 Å². The number of benzene rings is 1. The molecule has 0 spiro atoms. The normalized spacial score (nSPS) is 22.4. The van der Waals surface area contributed by atoms with Crippen LogP contribution in [-0.2, 0) is 4.74 Å². The van der Waals surface area contributed by atoms with Crippen molar-refractivity contribution in [1.29, 1.82) is 15.8 Å². The quantitative estimate of drug-likeness (QED) is 0.710. The van der Waals surface area contributed by atoms with Crippen LogP contribution < -0.4 is 5.73 Å². The summed E-state index contributed by atoms with van der Waals surface area (Å²) in [5.41, 5.74) is 5.21. The molecular formula is C23H22ClN5O2. The van der Waals surface area contributed by atoms with Gasteiger partial charge >= 0.3 is 6.09 Å². The predicted molar refractivity (Wildman–Crippen MR) is 114 cm³/mol. The first-order chi connectivity index (χ1) is 14.6. The maximum atomic E-state index is 12.7. The van der Waals surface area contributed by atoms with Crippen molar-refractivity contribution in [3.8, 4) is 18.2 Å². The molecular weight excluding hydrogens is 414 g/mol. The lowest BCUT2D eigenvalue weighted by atomic mass is 9.58. The Labute approximate surface area is 186 Å². The summed E-state index contributed by atoms with van der Waals surface area (Å²) in [6, 6.07) is 13.0. The van der Waals surface area contributed by atoms with Crippen LogP contribution in [0.1, 0.15) is 32.3 Å². The van der Waals surface area contributed by atoms with Crippen LogP contribution in [-0.4, -0.2) is 29.7 Å². The van der Waals surface area contributed by atoms with E-state index in [-0.39, 0.29) is 24.4 Å². The Morgan fingerprint density at radius 1 is 1.23 bits per heavy atom. The first-order valence-electron chi connectivity index (χ1n) is 9.74. The molecule has 1 heterocycles. The van der Waals surface area contributed by atoms with E-state index in [1.54, 1.807) is 51.1 Å². The number of allylic oxidation sites excluding steroid dienone is 2. The largest absolute Gasteiger partial charge is 0.444 e. The minimum absolute atomic E-state index is 0.0619. The number of carbonyl (C=O) groups excluding carboxylic acids is 1. The third-order valence-electron chi connectivity index (χ3n) is 5.55. The lowest BCUT2D eigenvalue weighted by molar-refractivity contribution is 0.0224. The van der Waals surface area contributed by atoms with Gasteiger partial charge in [0.2, 0.25) is 0 Å². The fraction of sp³-hybridized carbons (Fsp3) is 0.391. The monoisotopic (exact) mass is 435 g/mol. The highest BCUT2D eigenvalue weighted by Gasteiger charge is 2.54. The van der Waals surface area contributed by atoms with Gasteiger partial charge in [-0.15, -0.1) is 0 Å². The van der Waals surface area contributed by atoms with Gasteiger partial charge in [-0.1, -0.05) is 29.8 Å². The zero-order chi connectivity index (χ0) is 23.0. The van der Waals surface area contributed by atoms with Gasteiger partial charge < -0.3 is 15.4 Å². The Bertz CT molecular complexity index is 1080. The van der Waals surface area contributed by atoms with Gasteiger partial charge in [0.25, 0.3) is 0 Å².